The van der Waals surface area contributed by atoms with Crippen LogP contribution in [-0.4, -0.2) is 19.5 Å². The third-order valence-corrected chi connectivity index (χ3v) is 12.3. The van der Waals surface area contributed by atoms with Gasteiger partial charge in [-0.05, 0) is 88.0 Å². The number of rotatable bonds is 7. The van der Waals surface area contributed by atoms with Gasteiger partial charge in [-0.15, -0.1) is 0 Å². The van der Waals surface area contributed by atoms with Crippen molar-refractivity contribution in [2.24, 2.45) is 0 Å². The van der Waals surface area contributed by atoms with Crippen molar-refractivity contribution in [1.29, 1.82) is 0 Å². The summed E-state index contributed by atoms with van der Waals surface area (Å²) in [4.78, 5) is 23.3. The van der Waals surface area contributed by atoms with Gasteiger partial charge >= 0.3 is 0 Å². The van der Waals surface area contributed by atoms with Crippen LogP contribution in [0.1, 0.15) is 0 Å². The molecule has 0 aliphatic rings. The second-order valence-corrected chi connectivity index (χ2v) is 16.1. The molecule has 0 saturated heterocycles. The number of furan rings is 1. The van der Waals surface area contributed by atoms with E-state index in [9.17, 15) is 0 Å². The van der Waals surface area contributed by atoms with Crippen LogP contribution >= 0.6 is 0 Å². The Morgan fingerprint density at radius 2 is 0.833 bits per heavy atom. The van der Waals surface area contributed by atoms with Crippen LogP contribution in [0.25, 0.3) is 127 Å². The van der Waals surface area contributed by atoms with Gasteiger partial charge < -0.3 is 8.98 Å². The molecule has 12 aromatic rings. The molecule has 0 fully saturated rings. The fourth-order valence-corrected chi connectivity index (χ4v) is 9.17. The van der Waals surface area contributed by atoms with Gasteiger partial charge in [0.25, 0.3) is 0 Å². The van der Waals surface area contributed by atoms with E-state index < -0.39 is 0 Å². The summed E-state index contributed by atoms with van der Waals surface area (Å²) < 4.78 is 8.67. The molecule has 3 heterocycles. The minimum atomic E-state index is 0.518. The molecule has 0 N–H and O–H groups in total. The lowest BCUT2D eigenvalue weighted by Crippen LogP contribution is -2.04. The maximum Gasteiger partial charge on any atom is 0.194 e. The quantitative estimate of drug-likeness (QED) is 0.150. The average molecular weight is 843 g/mol. The molecule has 0 saturated carbocycles. The lowest BCUT2D eigenvalue weighted by molar-refractivity contribution is 0.669. The maximum absolute atomic E-state index is 7.97. The molecule has 0 atom stereocenters. The van der Waals surface area contributed by atoms with Gasteiger partial charge in [0.1, 0.15) is 11.2 Å². The van der Waals surface area contributed by atoms with Crippen molar-refractivity contribution >= 4 is 55.1 Å². The zero-order valence-electron chi connectivity index (χ0n) is 35.2. The van der Waals surface area contributed by atoms with Gasteiger partial charge in [-0.3, -0.25) is 0 Å². The van der Waals surface area contributed by atoms with Gasteiger partial charge in [-0.2, -0.15) is 0 Å². The number of fused-ring (bicyclic) bond motifs is 6. The highest BCUT2D eigenvalue weighted by Gasteiger charge is 2.22. The van der Waals surface area contributed by atoms with Crippen molar-refractivity contribution in [2.45, 2.75) is 0 Å². The SMILES string of the molecule is [C-]#[N+]c1ccccc1-c1ccc2c(c1)c1cc(-c3ccccc3[N+]#[C-])ccc1n2-c1ccc(-c2ccc3c(c2)oc2ccccc23)cc1-c1nc(-c2ccccc2)nc(-c2ccccc2)n1. The summed E-state index contributed by atoms with van der Waals surface area (Å²) >= 11 is 0. The fraction of sp³-hybridized carbons (Fsp3) is 0. The monoisotopic (exact) mass is 842 g/mol. The highest BCUT2D eigenvalue weighted by Crippen LogP contribution is 2.43. The molecular weight excluding hydrogens is 809 g/mol. The van der Waals surface area contributed by atoms with E-state index >= 15 is 0 Å². The van der Waals surface area contributed by atoms with Gasteiger partial charge in [0.05, 0.1) is 29.9 Å². The predicted molar refractivity (Wildman–Crippen MR) is 267 cm³/mol. The second kappa shape index (κ2) is 15.7. The van der Waals surface area contributed by atoms with E-state index in [2.05, 4.69) is 93.1 Å². The summed E-state index contributed by atoms with van der Waals surface area (Å²) in [7, 11) is 0. The molecule has 66 heavy (non-hydrogen) atoms. The summed E-state index contributed by atoms with van der Waals surface area (Å²) in [5.74, 6) is 1.64. The highest BCUT2D eigenvalue weighted by atomic mass is 16.3. The average Bonchev–Trinajstić information content (AvgIpc) is 3.93. The largest absolute Gasteiger partial charge is 0.456 e. The van der Waals surface area contributed by atoms with Crippen molar-refractivity contribution in [3.63, 3.8) is 0 Å². The predicted octanol–water partition coefficient (Wildman–Crippen LogP) is 16.0. The Balaban J connectivity index is 1.15. The maximum atomic E-state index is 7.97. The standard InChI is InChI=1S/C59H34N6O/c1-60-50-22-12-9-19-43(50)41-27-31-52-47(34-41)48-35-42(44-20-10-13-23-51(44)61-2)28-32-53(48)65(52)54-30-26-39(40-25-29-46-45-21-11-14-24-55(45)66-56(46)36-40)33-49(54)59-63-57(37-15-5-3-6-16-37)62-58(64-59)38-17-7-4-8-18-38/h3-36H. The molecule has 12 rings (SSSR count). The Morgan fingerprint density at radius 3 is 1.44 bits per heavy atom. The molecule has 3 aromatic heterocycles. The normalized spacial score (nSPS) is 11.3. The number of nitrogens with zero attached hydrogens (tertiary/aromatic N) is 6. The molecular formula is C59H34N6O. The van der Waals surface area contributed by atoms with Crippen molar-refractivity contribution in [1.82, 2.24) is 19.5 Å². The third kappa shape index (κ3) is 6.47. The van der Waals surface area contributed by atoms with Crippen LogP contribution in [0.15, 0.2) is 211 Å². The van der Waals surface area contributed by atoms with E-state index in [1.807, 2.05) is 127 Å². The molecule has 0 amide bonds. The van der Waals surface area contributed by atoms with Crippen molar-refractivity contribution in [2.75, 3.05) is 0 Å². The van der Waals surface area contributed by atoms with E-state index in [1.54, 1.807) is 0 Å². The Hall–Kier alpha value is -9.43. The molecule has 0 radical (unpaired) electrons. The minimum absolute atomic E-state index is 0.518. The topological polar surface area (TPSA) is 65.5 Å². The number of benzene rings is 9. The van der Waals surface area contributed by atoms with Gasteiger partial charge in [0.15, 0.2) is 28.8 Å². The van der Waals surface area contributed by atoms with E-state index in [0.717, 1.165) is 99.5 Å². The molecule has 0 aliphatic heterocycles. The third-order valence-electron chi connectivity index (χ3n) is 12.3. The first-order valence-corrected chi connectivity index (χ1v) is 21.6. The van der Waals surface area contributed by atoms with Crippen LogP contribution in [-0.2, 0) is 0 Å². The van der Waals surface area contributed by atoms with Gasteiger partial charge in [0.2, 0.25) is 0 Å². The smallest absolute Gasteiger partial charge is 0.194 e. The molecule has 0 bridgehead atoms. The second-order valence-electron chi connectivity index (χ2n) is 16.1. The number of hydrogen-bond donors (Lipinski definition) is 0. The Labute approximate surface area is 379 Å². The molecule has 0 aliphatic carbocycles. The zero-order valence-corrected chi connectivity index (χ0v) is 35.2. The molecule has 0 unspecified atom stereocenters. The summed E-state index contributed by atoms with van der Waals surface area (Å²) in [6.45, 7) is 15.9. The molecule has 0 spiro atoms. The number of aromatic nitrogens is 4. The summed E-state index contributed by atoms with van der Waals surface area (Å²) in [5.41, 5.74) is 13.7. The van der Waals surface area contributed by atoms with E-state index in [0.29, 0.717) is 28.8 Å². The van der Waals surface area contributed by atoms with Gasteiger partial charge in [0, 0.05) is 38.2 Å². The van der Waals surface area contributed by atoms with Crippen LogP contribution in [0.3, 0.4) is 0 Å². The number of hydrogen-bond acceptors (Lipinski definition) is 4. The van der Waals surface area contributed by atoms with Crippen molar-refractivity contribution < 1.29 is 4.42 Å². The van der Waals surface area contributed by atoms with Crippen LogP contribution < -0.4 is 0 Å². The van der Waals surface area contributed by atoms with Crippen LogP contribution in [0, 0.1) is 13.1 Å². The minimum Gasteiger partial charge on any atom is -0.456 e. The van der Waals surface area contributed by atoms with E-state index in [1.165, 1.54) is 0 Å². The molecule has 306 valence electrons. The van der Waals surface area contributed by atoms with Crippen molar-refractivity contribution in [3.05, 3.63) is 229 Å². The Kier molecular flexibility index (Phi) is 9.12. The summed E-state index contributed by atoms with van der Waals surface area (Å²) in [6.07, 6.45) is 0. The summed E-state index contributed by atoms with van der Waals surface area (Å²) in [6, 6.07) is 69.3. The Bertz CT molecular complexity index is 3790. The first-order chi connectivity index (χ1) is 32.6. The fourth-order valence-electron chi connectivity index (χ4n) is 9.17. The Morgan fingerprint density at radius 1 is 0.348 bits per heavy atom. The first-order valence-electron chi connectivity index (χ1n) is 21.6. The zero-order chi connectivity index (χ0) is 44.1. The molecule has 7 heteroatoms. The molecule has 7 nitrogen and oxygen atoms in total. The van der Waals surface area contributed by atoms with Gasteiger partial charge in [-0.1, -0.05) is 152 Å². The van der Waals surface area contributed by atoms with E-state index in [-0.39, 0.29) is 0 Å². The van der Waals surface area contributed by atoms with Gasteiger partial charge in [-0.25, -0.2) is 24.6 Å². The lowest BCUT2D eigenvalue weighted by atomic mass is 9.99. The van der Waals surface area contributed by atoms with Crippen molar-refractivity contribution in [3.8, 4) is 73.2 Å². The van der Waals surface area contributed by atoms with Crippen LogP contribution in [0.4, 0.5) is 11.4 Å². The lowest BCUT2D eigenvalue weighted by Gasteiger charge is -2.16. The number of para-hydroxylation sites is 3. The highest BCUT2D eigenvalue weighted by molar-refractivity contribution is 6.13. The molecule has 9 aromatic carbocycles. The van der Waals surface area contributed by atoms with Crippen LogP contribution in [0.2, 0.25) is 0 Å². The van der Waals surface area contributed by atoms with E-state index in [4.69, 9.17) is 32.5 Å². The summed E-state index contributed by atoms with van der Waals surface area (Å²) in [5, 5.41) is 4.14. The van der Waals surface area contributed by atoms with Crippen LogP contribution in [0.5, 0.6) is 0 Å². The first kappa shape index (κ1) is 38.3.